The first-order valence-electron chi connectivity index (χ1n) is 7.64. The average molecular weight is 372 g/mol. The molecular weight excluding hydrogens is 356 g/mol. The maximum absolute atomic E-state index is 11.4. The van der Waals surface area contributed by atoms with E-state index in [0.29, 0.717) is 22.4 Å². The van der Waals surface area contributed by atoms with E-state index in [1.54, 1.807) is 29.1 Å². The van der Waals surface area contributed by atoms with E-state index in [0.717, 1.165) is 5.69 Å². The second-order valence-corrected chi connectivity index (χ2v) is 6.20. The van der Waals surface area contributed by atoms with Crippen molar-refractivity contribution in [3.63, 3.8) is 0 Å². The highest BCUT2D eigenvalue weighted by atomic mass is 32.2. The first-order chi connectivity index (χ1) is 12.6. The summed E-state index contributed by atoms with van der Waals surface area (Å²) in [4.78, 5) is 22.6. The van der Waals surface area contributed by atoms with Gasteiger partial charge in [0.25, 0.3) is 0 Å². The Hall–Kier alpha value is -3.07. The van der Waals surface area contributed by atoms with Gasteiger partial charge in [0.15, 0.2) is 5.16 Å². The fourth-order valence-electron chi connectivity index (χ4n) is 2.24. The lowest BCUT2D eigenvalue weighted by molar-refractivity contribution is -0.114. The average Bonchev–Trinajstić information content (AvgIpc) is 3.28. The number of nitrogens with one attached hydrogen (secondary N) is 1. The van der Waals surface area contributed by atoms with E-state index in [2.05, 4.69) is 20.3 Å². The molecule has 1 amide bonds. The van der Waals surface area contributed by atoms with Crippen molar-refractivity contribution < 1.29 is 18.7 Å². The van der Waals surface area contributed by atoms with Crippen LogP contribution < -0.4 is 5.32 Å². The Morgan fingerprint density at radius 1 is 1.31 bits per heavy atom. The van der Waals surface area contributed by atoms with Crippen molar-refractivity contribution in [3.05, 3.63) is 54.2 Å². The molecule has 134 valence electrons. The van der Waals surface area contributed by atoms with Crippen LogP contribution in [0.15, 0.2) is 52.3 Å². The van der Waals surface area contributed by atoms with E-state index in [1.165, 1.54) is 25.8 Å². The van der Waals surface area contributed by atoms with Crippen LogP contribution in [-0.2, 0) is 15.3 Å². The molecule has 0 aliphatic carbocycles. The van der Waals surface area contributed by atoms with Crippen molar-refractivity contribution >= 4 is 29.3 Å². The van der Waals surface area contributed by atoms with Gasteiger partial charge in [0.05, 0.1) is 18.6 Å². The van der Waals surface area contributed by atoms with Gasteiger partial charge in [-0.2, -0.15) is 0 Å². The molecule has 0 aliphatic heterocycles. The maximum Gasteiger partial charge on any atom is 0.373 e. The number of carbonyl (C=O) groups is 2. The Bertz CT molecular complexity index is 934. The molecule has 0 unspecified atom stereocenters. The van der Waals surface area contributed by atoms with Crippen molar-refractivity contribution in [1.82, 2.24) is 14.8 Å². The van der Waals surface area contributed by atoms with Gasteiger partial charge in [0.2, 0.25) is 11.7 Å². The van der Waals surface area contributed by atoms with E-state index >= 15 is 0 Å². The topological polar surface area (TPSA) is 99.2 Å². The minimum atomic E-state index is -0.515. The van der Waals surface area contributed by atoms with E-state index in [-0.39, 0.29) is 11.7 Å². The summed E-state index contributed by atoms with van der Waals surface area (Å²) in [6.07, 6.45) is 1.59. The maximum atomic E-state index is 11.4. The first kappa shape index (κ1) is 17.7. The minimum Gasteiger partial charge on any atom is -0.463 e. The smallest absolute Gasteiger partial charge is 0.373 e. The summed E-state index contributed by atoms with van der Waals surface area (Å²) >= 11 is 1.41. The van der Waals surface area contributed by atoms with Gasteiger partial charge in [0.1, 0.15) is 12.1 Å². The molecule has 9 heteroatoms. The number of rotatable bonds is 6. The zero-order chi connectivity index (χ0) is 18.5. The van der Waals surface area contributed by atoms with Crippen LogP contribution in [0, 0.1) is 0 Å². The van der Waals surface area contributed by atoms with Crippen LogP contribution in [0.3, 0.4) is 0 Å². The lowest BCUT2D eigenvalue weighted by atomic mass is 10.2. The third-order valence-corrected chi connectivity index (χ3v) is 4.32. The molecule has 3 aromatic rings. The molecule has 0 bridgehead atoms. The largest absolute Gasteiger partial charge is 0.463 e. The summed E-state index contributed by atoms with van der Waals surface area (Å²) < 4.78 is 11.9. The monoisotopic (exact) mass is 372 g/mol. The summed E-state index contributed by atoms with van der Waals surface area (Å²) in [6, 6.07) is 10.7. The van der Waals surface area contributed by atoms with Gasteiger partial charge in [-0.1, -0.05) is 17.8 Å². The number of hydrogen-bond donors (Lipinski definition) is 1. The van der Waals surface area contributed by atoms with Crippen LogP contribution in [0.5, 0.6) is 0 Å². The van der Waals surface area contributed by atoms with Crippen LogP contribution in [0.4, 0.5) is 5.69 Å². The van der Waals surface area contributed by atoms with Gasteiger partial charge in [-0.05, 0) is 30.3 Å². The molecule has 0 radical (unpaired) electrons. The Morgan fingerprint density at radius 3 is 2.92 bits per heavy atom. The number of benzene rings is 1. The summed E-state index contributed by atoms with van der Waals surface area (Å²) in [5.74, 6) is 0.601. The predicted octanol–water partition coefficient (Wildman–Crippen LogP) is 2.90. The number of thioether (sulfide) groups is 1. The van der Waals surface area contributed by atoms with Crippen LogP contribution in [0.25, 0.3) is 5.69 Å². The first-order valence-corrected chi connectivity index (χ1v) is 8.63. The summed E-state index contributed by atoms with van der Waals surface area (Å²) in [7, 11) is 1.30. The molecule has 2 aromatic heterocycles. The molecule has 0 saturated carbocycles. The van der Waals surface area contributed by atoms with Crippen LogP contribution in [0.1, 0.15) is 23.2 Å². The number of anilines is 1. The van der Waals surface area contributed by atoms with Crippen molar-refractivity contribution in [1.29, 1.82) is 0 Å². The molecule has 26 heavy (non-hydrogen) atoms. The normalized spacial score (nSPS) is 10.5. The molecule has 8 nitrogen and oxygen atoms in total. The van der Waals surface area contributed by atoms with Crippen molar-refractivity contribution in [2.45, 2.75) is 17.8 Å². The Kier molecular flexibility index (Phi) is 5.37. The summed E-state index contributed by atoms with van der Waals surface area (Å²) in [5, 5.41) is 11.5. The van der Waals surface area contributed by atoms with Crippen molar-refractivity contribution in [2.24, 2.45) is 0 Å². The third kappa shape index (κ3) is 4.12. The van der Waals surface area contributed by atoms with E-state index in [9.17, 15) is 9.59 Å². The van der Waals surface area contributed by atoms with Gasteiger partial charge >= 0.3 is 5.97 Å². The SMILES string of the molecule is COC(=O)c1ccc(CSc2nncn2-c2cccc(NC(C)=O)c2)o1. The Morgan fingerprint density at radius 2 is 2.15 bits per heavy atom. The molecular formula is C17H16N4O4S. The number of amides is 1. The number of esters is 1. The fraction of sp³-hybridized carbons (Fsp3) is 0.176. The Labute approximate surface area is 153 Å². The molecule has 2 heterocycles. The molecule has 0 aliphatic rings. The minimum absolute atomic E-state index is 0.139. The van der Waals surface area contributed by atoms with Gasteiger partial charge in [-0.15, -0.1) is 10.2 Å². The number of carbonyl (C=O) groups excluding carboxylic acids is 2. The van der Waals surface area contributed by atoms with Crippen LogP contribution in [-0.4, -0.2) is 33.8 Å². The molecule has 0 spiro atoms. The molecule has 3 rings (SSSR count). The lowest BCUT2D eigenvalue weighted by Gasteiger charge is -2.08. The van der Waals surface area contributed by atoms with E-state index < -0.39 is 5.97 Å². The molecule has 0 atom stereocenters. The number of ether oxygens (including phenoxy) is 1. The highest BCUT2D eigenvalue weighted by Crippen LogP contribution is 2.25. The second-order valence-electron chi connectivity index (χ2n) is 5.26. The predicted molar refractivity (Wildman–Crippen MR) is 95.3 cm³/mol. The molecule has 1 N–H and O–H groups in total. The van der Waals surface area contributed by atoms with Crippen molar-refractivity contribution in [3.8, 4) is 5.69 Å². The quantitative estimate of drug-likeness (QED) is 0.524. The zero-order valence-electron chi connectivity index (χ0n) is 14.1. The molecule has 1 aromatic carbocycles. The highest BCUT2D eigenvalue weighted by Gasteiger charge is 2.13. The Balaban J connectivity index is 1.74. The summed E-state index contributed by atoms with van der Waals surface area (Å²) in [6.45, 7) is 1.46. The number of hydrogen-bond acceptors (Lipinski definition) is 7. The van der Waals surface area contributed by atoms with E-state index in [1.807, 2.05) is 18.2 Å². The van der Waals surface area contributed by atoms with Gasteiger partial charge in [0, 0.05) is 12.6 Å². The standard InChI is InChI=1S/C17H16N4O4S/c1-11(22)19-12-4-3-5-13(8-12)21-10-18-20-17(21)26-9-14-6-7-15(25-14)16(23)24-2/h3-8,10H,9H2,1-2H3,(H,19,22). The second kappa shape index (κ2) is 7.87. The zero-order valence-corrected chi connectivity index (χ0v) is 14.9. The number of aromatic nitrogens is 3. The highest BCUT2D eigenvalue weighted by molar-refractivity contribution is 7.98. The van der Waals surface area contributed by atoms with Crippen LogP contribution >= 0.6 is 11.8 Å². The van der Waals surface area contributed by atoms with Gasteiger partial charge in [-0.3, -0.25) is 9.36 Å². The van der Waals surface area contributed by atoms with E-state index in [4.69, 9.17) is 4.42 Å². The molecule has 0 saturated heterocycles. The number of methoxy groups -OCH3 is 1. The lowest BCUT2D eigenvalue weighted by Crippen LogP contribution is -2.06. The third-order valence-electron chi connectivity index (χ3n) is 3.35. The molecule has 0 fully saturated rings. The van der Waals surface area contributed by atoms with Crippen molar-refractivity contribution in [2.75, 3.05) is 12.4 Å². The van der Waals surface area contributed by atoms with Gasteiger partial charge in [-0.25, -0.2) is 4.79 Å². The van der Waals surface area contributed by atoms with Gasteiger partial charge < -0.3 is 14.5 Å². The fourth-order valence-corrected chi connectivity index (χ4v) is 3.06. The number of nitrogens with zero attached hydrogens (tertiary/aromatic N) is 3. The summed E-state index contributed by atoms with van der Waals surface area (Å²) in [5.41, 5.74) is 1.51. The van der Waals surface area contributed by atoms with Crippen LogP contribution in [0.2, 0.25) is 0 Å². The number of furan rings is 1.